The molecule has 0 aliphatic carbocycles. The van der Waals surface area contributed by atoms with Crippen LogP contribution in [-0.2, 0) is 17.9 Å². The van der Waals surface area contributed by atoms with Gasteiger partial charge in [-0.15, -0.1) is 0 Å². The smallest absolute Gasteiger partial charge is 0.247 e. The number of rotatable bonds is 5. The molecule has 1 N–H and O–H groups in total. The fourth-order valence-electron chi connectivity index (χ4n) is 2.42. The highest BCUT2D eigenvalue weighted by molar-refractivity contribution is 9.10. The predicted molar refractivity (Wildman–Crippen MR) is 95.8 cm³/mol. The van der Waals surface area contributed by atoms with Crippen molar-refractivity contribution in [3.8, 4) is 0 Å². The minimum Gasteiger partial charge on any atom is -0.308 e. The molecule has 3 rings (SSSR count). The summed E-state index contributed by atoms with van der Waals surface area (Å²) in [5, 5.41) is 11.3. The fourth-order valence-corrected chi connectivity index (χ4v) is 2.71. The van der Waals surface area contributed by atoms with Crippen LogP contribution in [0, 0.1) is 13.8 Å². The second kappa shape index (κ2) is 7.00. The third kappa shape index (κ3) is 3.91. The lowest BCUT2D eigenvalue weighted by molar-refractivity contribution is -0.117. The Morgan fingerprint density at radius 2 is 2.12 bits per heavy atom. The lowest BCUT2D eigenvalue weighted by Gasteiger charge is -2.05. The Bertz CT molecular complexity index is 868. The van der Waals surface area contributed by atoms with Crippen molar-refractivity contribution in [3.63, 3.8) is 0 Å². The fraction of sp³-hybridized carbons (Fsp3) is 0.235. The SMILES string of the molecule is Cc1cccc(Cn2ccc(NC(=O)Cn3ncc(Br)c3C)n2)c1. The second-order valence-electron chi connectivity index (χ2n) is 5.67. The molecule has 0 aliphatic heterocycles. The van der Waals surface area contributed by atoms with Crippen LogP contribution in [0.1, 0.15) is 16.8 Å². The Labute approximate surface area is 148 Å². The van der Waals surface area contributed by atoms with Gasteiger partial charge in [-0.1, -0.05) is 29.8 Å². The maximum Gasteiger partial charge on any atom is 0.247 e. The first kappa shape index (κ1) is 16.4. The van der Waals surface area contributed by atoms with Gasteiger partial charge in [0.2, 0.25) is 5.91 Å². The zero-order valence-corrected chi connectivity index (χ0v) is 15.1. The number of nitrogens with zero attached hydrogens (tertiary/aromatic N) is 4. The highest BCUT2D eigenvalue weighted by Gasteiger charge is 2.10. The second-order valence-corrected chi connectivity index (χ2v) is 6.53. The number of nitrogens with one attached hydrogen (secondary N) is 1. The van der Waals surface area contributed by atoms with Crippen molar-refractivity contribution >= 4 is 27.7 Å². The van der Waals surface area contributed by atoms with E-state index >= 15 is 0 Å². The Morgan fingerprint density at radius 1 is 1.29 bits per heavy atom. The number of aryl methyl sites for hydroxylation is 1. The van der Waals surface area contributed by atoms with Crippen molar-refractivity contribution in [2.45, 2.75) is 26.9 Å². The Balaban J connectivity index is 1.61. The largest absolute Gasteiger partial charge is 0.308 e. The van der Waals surface area contributed by atoms with Crippen LogP contribution in [0.25, 0.3) is 0 Å². The normalized spacial score (nSPS) is 10.8. The quantitative estimate of drug-likeness (QED) is 0.731. The Hall–Kier alpha value is -2.41. The topological polar surface area (TPSA) is 64.7 Å². The number of benzene rings is 1. The van der Waals surface area contributed by atoms with Gasteiger partial charge < -0.3 is 5.32 Å². The van der Waals surface area contributed by atoms with E-state index in [1.807, 2.05) is 19.2 Å². The number of aromatic nitrogens is 4. The third-order valence-corrected chi connectivity index (χ3v) is 4.45. The van der Waals surface area contributed by atoms with Crippen LogP contribution < -0.4 is 5.32 Å². The number of hydrogen-bond donors (Lipinski definition) is 1. The summed E-state index contributed by atoms with van der Waals surface area (Å²) in [5.74, 6) is 0.381. The predicted octanol–water partition coefficient (Wildman–Crippen LogP) is 3.15. The number of hydrogen-bond acceptors (Lipinski definition) is 3. The van der Waals surface area contributed by atoms with Gasteiger partial charge in [0.1, 0.15) is 6.54 Å². The molecular formula is C17H18BrN5O. The van der Waals surface area contributed by atoms with Gasteiger partial charge in [-0.25, -0.2) is 0 Å². The van der Waals surface area contributed by atoms with Crippen LogP contribution in [0.3, 0.4) is 0 Å². The average Bonchev–Trinajstić information content (AvgIpc) is 3.09. The van der Waals surface area contributed by atoms with E-state index in [0.717, 1.165) is 10.2 Å². The molecule has 0 bridgehead atoms. The highest BCUT2D eigenvalue weighted by Crippen LogP contribution is 2.14. The van der Waals surface area contributed by atoms with Gasteiger partial charge in [-0.05, 0) is 35.3 Å². The molecule has 0 radical (unpaired) electrons. The van der Waals surface area contributed by atoms with E-state index in [-0.39, 0.29) is 12.5 Å². The highest BCUT2D eigenvalue weighted by atomic mass is 79.9. The summed E-state index contributed by atoms with van der Waals surface area (Å²) in [6, 6.07) is 10.1. The molecule has 0 atom stereocenters. The van der Waals surface area contributed by atoms with Crippen molar-refractivity contribution in [2.24, 2.45) is 0 Å². The molecule has 3 aromatic rings. The van der Waals surface area contributed by atoms with Crippen LogP contribution in [0.4, 0.5) is 5.82 Å². The summed E-state index contributed by atoms with van der Waals surface area (Å²) < 4.78 is 4.33. The first-order valence-corrected chi connectivity index (χ1v) is 8.37. The van der Waals surface area contributed by atoms with Gasteiger partial charge >= 0.3 is 0 Å². The average molecular weight is 388 g/mol. The minimum absolute atomic E-state index is 0.155. The number of carbonyl (C=O) groups excluding carboxylic acids is 1. The summed E-state index contributed by atoms with van der Waals surface area (Å²) in [4.78, 5) is 12.1. The molecule has 0 saturated carbocycles. The van der Waals surface area contributed by atoms with Crippen molar-refractivity contribution < 1.29 is 4.79 Å². The minimum atomic E-state index is -0.158. The van der Waals surface area contributed by atoms with Gasteiger partial charge in [0.05, 0.1) is 22.9 Å². The molecule has 24 heavy (non-hydrogen) atoms. The molecule has 0 spiro atoms. The molecule has 6 nitrogen and oxygen atoms in total. The van der Waals surface area contributed by atoms with Gasteiger partial charge in [-0.2, -0.15) is 10.2 Å². The first-order valence-electron chi connectivity index (χ1n) is 7.58. The van der Waals surface area contributed by atoms with Crippen molar-refractivity contribution in [2.75, 3.05) is 5.32 Å². The molecule has 0 aliphatic rings. The maximum atomic E-state index is 12.1. The van der Waals surface area contributed by atoms with Gasteiger partial charge in [0, 0.05) is 12.3 Å². The molecule has 124 valence electrons. The number of anilines is 1. The maximum absolute atomic E-state index is 12.1. The summed E-state index contributed by atoms with van der Waals surface area (Å²) in [6.07, 6.45) is 3.53. The monoisotopic (exact) mass is 387 g/mol. The number of amides is 1. The number of carbonyl (C=O) groups is 1. The van der Waals surface area contributed by atoms with Crippen LogP contribution in [0.5, 0.6) is 0 Å². The van der Waals surface area contributed by atoms with Gasteiger partial charge in [0.15, 0.2) is 5.82 Å². The van der Waals surface area contributed by atoms with Crippen molar-refractivity contribution in [1.82, 2.24) is 19.6 Å². The van der Waals surface area contributed by atoms with E-state index in [1.54, 1.807) is 21.6 Å². The molecule has 1 aromatic carbocycles. The molecule has 2 heterocycles. The van der Waals surface area contributed by atoms with E-state index < -0.39 is 0 Å². The summed E-state index contributed by atoms with van der Waals surface area (Å²) in [6.45, 7) is 4.79. The molecule has 0 fully saturated rings. The van der Waals surface area contributed by atoms with Crippen LogP contribution >= 0.6 is 15.9 Å². The van der Waals surface area contributed by atoms with Gasteiger partial charge in [-0.3, -0.25) is 14.2 Å². The van der Waals surface area contributed by atoms with E-state index in [0.29, 0.717) is 12.4 Å². The van der Waals surface area contributed by atoms with Crippen molar-refractivity contribution in [3.05, 3.63) is 64.0 Å². The Morgan fingerprint density at radius 3 is 2.83 bits per heavy atom. The van der Waals surface area contributed by atoms with E-state index in [2.05, 4.69) is 56.6 Å². The lowest BCUT2D eigenvalue weighted by Crippen LogP contribution is -2.20. The van der Waals surface area contributed by atoms with E-state index in [1.165, 1.54) is 11.1 Å². The van der Waals surface area contributed by atoms with Crippen LogP contribution in [-0.4, -0.2) is 25.5 Å². The van der Waals surface area contributed by atoms with Gasteiger partial charge in [0.25, 0.3) is 0 Å². The lowest BCUT2D eigenvalue weighted by atomic mass is 10.1. The van der Waals surface area contributed by atoms with Crippen molar-refractivity contribution in [1.29, 1.82) is 0 Å². The molecule has 1 amide bonds. The molecule has 7 heteroatoms. The first-order chi connectivity index (χ1) is 11.5. The van der Waals surface area contributed by atoms with E-state index in [4.69, 9.17) is 0 Å². The third-order valence-electron chi connectivity index (χ3n) is 3.67. The summed E-state index contributed by atoms with van der Waals surface area (Å²) in [7, 11) is 0. The molecular weight excluding hydrogens is 370 g/mol. The molecule has 0 saturated heterocycles. The van der Waals surface area contributed by atoms with Crippen LogP contribution in [0.15, 0.2) is 47.2 Å². The summed E-state index contributed by atoms with van der Waals surface area (Å²) in [5.41, 5.74) is 3.30. The Kier molecular flexibility index (Phi) is 4.80. The van der Waals surface area contributed by atoms with Crippen LogP contribution in [0.2, 0.25) is 0 Å². The summed E-state index contributed by atoms with van der Waals surface area (Å²) >= 11 is 3.38. The molecule has 0 unspecified atom stereocenters. The zero-order valence-electron chi connectivity index (χ0n) is 13.5. The number of halogens is 1. The standard InChI is InChI=1S/C17H18BrN5O/c1-12-4-3-5-14(8-12)10-22-7-6-16(21-22)20-17(24)11-23-13(2)15(18)9-19-23/h3-9H,10-11H2,1-2H3,(H,20,21,24). The zero-order chi connectivity index (χ0) is 17.1. The molecule has 2 aromatic heterocycles. The van der Waals surface area contributed by atoms with E-state index in [9.17, 15) is 4.79 Å².